The molecule has 0 saturated carbocycles. The molecule has 1 aromatic rings. The Balaban J connectivity index is 2.93. The Morgan fingerprint density at radius 1 is 1.58 bits per heavy atom. The molecule has 5 nitrogen and oxygen atoms in total. The van der Waals surface area contributed by atoms with Gasteiger partial charge in [-0.3, -0.25) is 9.78 Å². The van der Waals surface area contributed by atoms with E-state index in [0.29, 0.717) is 5.88 Å². The van der Waals surface area contributed by atoms with Gasteiger partial charge >= 0.3 is 0 Å². The quantitative estimate of drug-likeness (QED) is 0.665. The number of hydrogen-bond acceptors (Lipinski definition) is 4. The highest BCUT2D eigenvalue weighted by Gasteiger charge is 2.05. The van der Waals surface area contributed by atoms with Crippen molar-refractivity contribution in [2.45, 2.75) is 0 Å². The average Bonchev–Trinajstić information content (AvgIpc) is 2.17. The molecule has 64 valence electrons. The first kappa shape index (κ1) is 8.45. The predicted molar refractivity (Wildman–Crippen MR) is 42.0 cm³/mol. The first-order valence-corrected chi connectivity index (χ1v) is 3.36. The van der Waals surface area contributed by atoms with Crippen molar-refractivity contribution < 1.29 is 9.53 Å². The molecule has 0 spiro atoms. The summed E-state index contributed by atoms with van der Waals surface area (Å²) in [7, 11) is 3.00. The lowest BCUT2D eigenvalue weighted by molar-refractivity contribution is 0.0957. The molecule has 0 fully saturated rings. The molecule has 0 aliphatic heterocycles. The molecule has 0 radical (unpaired) electrons. The van der Waals surface area contributed by atoms with Crippen molar-refractivity contribution in [1.29, 1.82) is 0 Å². The molecule has 1 amide bonds. The Labute approximate surface area is 69.8 Å². The summed E-state index contributed by atoms with van der Waals surface area (Å²) in [5.74, 6) is 0.0532. The third kappa shape index (κ3) is 1.69. The third-order valence-corrected chi connectivity index (χ3v) is 1.28. The Morgan fingerprint density at radius 3 is 2.92 bits per heavy atom. The minimum absolute atomic E-state index is 0.247. The zero-order valence-corrected chi connectivity index (χ0v) is 6.87. The zero-order chi connectivity index (χ0) is 8.97. The molecular formula is C7H9N3O2. The van der Waals surface area contributed by atoms with Crippen LogP contribution in [0.4, 0.5) is 0 Å². The lowest BCUT2D eigenvalue weighted by Crippen LogP contribution is -2.19. The maximum atomic E-state index is 11.0. The summed E-state index contributed by atoms with van der Waals surface area (Å²) in [6.45, 7) is 0. The number of ether oxygens (including phenoxy) is 1. The van der Waals surface area contributed by atoms with Gasteiger partial charge in [-0.15, -0.1) is 0 Å². The molecule has 1 rings (SSSR count). The van der Waals surface area contributed by atoms with Gasteiger partial charge in [-0.1, -0.05) is 0 Å². The number of hydrogen-bond donors (Lipinski definition) is 1. The van der Waals surface area contributed by atoms with Crippen LogP contribution < -0.4 is 10.1 Å². The van der Waals surface area contributed by atoms with Crippen molar-refractivity contribution >= 4 is 5.91 Å². The molecule has 0 atom stereocenters. The standard InChI is InChI=1S/C7H9N3O2/c1-8-7(11)5-3-9-4-6(10-5)12-2/h3-4H,1-2H3,(H,8,11). The summed E-state index contributed by atoms with van der Waals surface area (Å²) < 4.78 is 4.80. The normalized spacial score (nSPS) is 9.17. The van der Waals surface area contributed by atoms with Crippen molar-refractivity contribution in [3.63, 3.8) is 0 Å². The first-order chi connectivity index (χ1) is 5.77. The summed E-state index contributed by atoms with van der Waals surface area (Å²) in [6.07, 6.45) is 2.81. The van der Waals surface area contributed by atoms with Gasteiger partial charge in [-0.2, -0.15) is 0 Å². The summed E-state index contributed by atoms with van der Waals surface area (Å²) in [5.41, 5.74) is 0.247. The van der Waals surface area contributed by atoms with Crippen LogP contribution in [0.25, 0.3) is 0 Å². The van der Waals surface area contributed by atoms with E-state index in [4.69, 9.17) is 4.74 Å². The zero-order valence-electron chi connectivity index (χ0n) is 6.87. The molecule has 0 aliphatic rings. The molecule has 0 unspecified atom stereocenters. The fourth-order valence-electron chi connectivity index (χ4n) is 0.684. The average molecular weight is 167 g/mol. The van der Waals surface area contributed by atoms with Gasteiger partial charge in [0.25, 0.3) is 5.91 Å². The number of nitrogens with one attached hydrogen (secondary N) is 1. The number of amides is 1. The molecule has 0 bridgehead atoms. The fourth-order valence-corrected chi connectivity index (χ4v) is 0.684. The Kier molecular flexibility index (Phi) is 2.57. The highest BCUT2D eigenvalue weighted by Crippen LogP contribution is 2.02. The molecule has 1 aromatic heterocycles. The fraction of sp³-hybridized carbons (Fsp3) is 0.286. The van der Waals surface area contributed by atoms with Gasteiger partial charge in [0.15, 0.2) is 0 Å². The van der Waals surface area contributed by atoms with E-state index >= 15 is 0 Å². The molecule has 0 aliphatic carbocycles. The SMILES string of the molecule is CNC(=O)c1cncc(OC)n1. The minimum Gasteiger partial charge on any atom is -0.480 e. The van der Waals surface area contributed by atoms with E-state index in [-0.39, 0.29) is 11.6 Å². The van der Waals surface area contributed by atoms with Crippen LogP contribution in [-0.2, 0) is 0 Å². The highest BCUT2D eigenvalue weighted by molar-refractivity contribution is 5.91. The van der Waals surface area contributed by atoms with E-state index in [1.807, 2.05) is 0 Å². The second-order valence-electron chi connectivity index (χ2n) is 2.03. The number of aromatic nitrogens is 2. The Hall–Kier alpha value is -1.65. The van der Waals surface area contributed by atoms with Crippen LogP contribution in [-0.4, -0.2) is 30.0 Å². The van der Waals surface area contributed by atoms with Gasteiger partial charge in [0.2, 0.25) is 5.88 Å². The second kappa shape index (κ2) is 3.66. The van der Waals surface area contributed by atoms with Crippen LogP contribution in [0.1, 0.15) is 10.5 Å². The Bertz CT molecular complexity index is 288. The number of nitrogens with zero attached hydrogens (tertiary/aromatic N) is 2. The number of rotatable bonds is 2. The van der Waals surface area contributed by atoms with Crippen molar-refractivity contribution in [3.8, 4) is 5.88 Å². The van der Waals surface area contributed by atoms with Crippen LogP contribution in [0.15, 0.2) is 12.4 Å². The van der Waals surface area contributed by atoms with Crippen molar-refractivity contribution in [1.82, 2.24) is 15.3 Å². The summed E-state index contributed by atoms with van der Waals surface area (Å²) >= 11 is 0. The van der Waals surface area contributed by atoms with Gasteiger partial charge in [0.1, 0.15) is 5.69 Å². The molecule has 12 heavy (non-hydrogen) atoms. The second-order valence-corrected chi connectivity index (χ2v) is 2.03. The monoisotopic (exact) mass is 167 g/mol. The highest BCUT2D eigenvalue weighted by atomic mass is 16.5. The first-order valence-electron chi connectivity index (χ1n) is 3.36. The van der Waals surface area contributed by atoms with E-state index in [2.05, 4.69) is 15.3 Å². The van der Waals surface area contributed by atoms with E-state index in [1.54, 1.807) is 0 Å². The van der Waals surface area contributed by atoms with Crippen LogP contribution in [0.5, 0.6) is 5.88 Å². The van der Waals surface area contributed by atoms with Crippen LogP contribution >= 0.6 is 0 Å². The molecule has 1 heterocycles. The topological polar surface area (TPSA) is 64.1 Å². The largest absolute Gasteiger partial charge is 0.480 e. The maximum absolute atomic E-state index is 11.0. The van der Waals surface area contributed by atoms with Gasteiger partial charge in [0.05, 0.1) is 19.5 Å². The van der Waals surface area contributed by atoms with Gasteiger partial charge in [-0.05, 0) is 0 Å². The van der Waals surface area contributed by atoms with E-state index in [9.17, 15) is 4.79 Å². The van der Waals surface area contributed by atoms with E-state index < -0.39 is 0 Å². The summed E-state index contributed by atoms with van der Waals surface area (Å²) in [5, 5.41) is 2.44. The lowest BCUT2D eigenvalue weighted by Gasteiger charge is -2.00. The smallest absolute Gasteiger partial charge is 0.271 e. The van der Waals surface area contributed by atoms with Crippen LogP contribution in [0.2, 0.25) is 0 Å². The lowest BCUT2D eigenvalue weighted by atomic mass is 10.4. The number of methoxy groups -OCH3 is 1. The summed E-state index contributed by atoms with van der Waals surface area (Å²) in [6, 6.07) is 0. The van der Waals surface area contributed by atoms with Crippen molar-refractivity contribution in [3.05, 3.63) is 18.1 Å². The van der Waals surface area contributed by atoms with Gasteiger partial charge in [-0.25, -0.2) is 4.98 Å². The van der Waals surface area contributed by atoms with Crippen LogP contribution in [0.3, 0.4) is 0 Å². The molecule has 0 aromatic carbocycles. The minimum atomic E-state index is -0.276. The van der Waals surface area contributed by atoms with Crippen LogP contribution in [0, 0.1) is 0 Å². The molecule has 5 heteroatoms. The molecular weight excluding hydrogens is 158 g/mol. The van der Waals surface area contributed by atoms with Gasteiger partial charge < -0.3 is 10.1 Å². The Morgan fingerprint density at radius 2 is 2.33 bits per heavy atom. The predicted octanol–water partition coefficient (Wildman–Crippen LogP) is -0.155. The maximum Gasteiger partial charge on any atom is 0.271 e. The van der Waals surface area contributed by atoms with Crippen molar-refractivity contribution in [2.24, 2.45) is 0 Å². The van der Waals surface area contributed by atoms with E-state index in [0.717, 1.165) is 0 Å². The molecule has 0 saturated heterocycles. The summed E-state index contributed by atoms with van der Waals surface area (Å²) in [4.78, 5) is 18.7. The van der Waals surface area contributed by atoms with E-state index in [1.165, 1.54) is 26.6 Å². The third-order valence-electron chi connectivity index (χ3n) is 1.28. The van der Waals surface area contributed by atoms with Gasteiger partial charge in [0, 0.05) is 7.05 Å². The van der Waals surface area contributed by atoms with Crippen molar-refractivity contribution in [2.75, 3.05) is 14.2 Å². The molecule has 1 N–H and O–H groups in total. The number of carbonyl (C=O) groups excluding carboxylic acids is 1. The number of carbonyl (C=O) groups is 1.